The highest BCUT2D eigenvalue weighted by Crippen LogP contribution is 2.40. The van der Waals surface area contributed by atoms with Crippen molar-refractivity contribution >= 4 is 0 Å². The highest BCUT2D eigenvalue weighted by molar-refractivity contribution is 5.54. The molecule has 0 spiro atoms. The first-order valence-electron chi connectivity index (χ1n) is 8.53. The van der Waals surface area contributed by atoms with Crippen LogP contribution in [0.5, 0.6) is 17.2 Å². The third kappa shape index (κ3) is 3.77. The molecule has 0 aliphatic carbocycles. The third-order valence-electron chi connectivity index (χ3n) is 5.02. The second kappa shape index (κ2) is 8.55. The second-order valence-corrected chi connectivity index (χ2v) is 6.25. The predicted octanol–water partition coefficient (Wildman–Crippen LogP) is 1.74. The molecule has 24 heavy (non-hydrogen) atoms. The van der Waals surface area contributed by atoms with Crippen molar-refractivity contribution in [2.24, 2.45) is 5.73 Å². The first kappa shape index (κ1) is 18.8. The molecule has 0 aromatic heterocycles. The molecule has 136 valence electrons. The van der Waals surface area contributed by atoms with E-state index in [1.807, 2.05) is 12.1 Å². The Labute approximate surface area is 145 Å². The van der Waals surface area contributed by atoms with E-state index in [-0.39, 0.29) is 6.04 Å². The molecule has 2 rings (SSSR count). The smallest absolute Gasteiger partial charge is 0.203 e. The number of benzene rings is 1. The van der Waals surface area contributed by atoms with E-state index in [1.54, 1.807) is 21.3 Å². The Bertz CT molecular complexity index is 513. The van der Waals surface area contributed by atoms with Gasteiger partial charge in [0.05, 0.1) is 21.3 Å². The summed E-state index contributed by atoms with van der Waals surface area (Å²) in [6.45, 7) is 5.87. The van der Waals surface area contributed by atoms with E-state index in [9.17, 15) is 0 Å². The number of rotatable bonds is 7. The summed E-state index contributed by atoms with van der Waals surface area (Å²) in [5, 5.41) is 0. The molecule has 1 aromatic carbocycles. The van der Waals surface area contributed by atoms with Gasteiger partial charge in [0.15, 0.2) is 11.5 Å². The van der Waals surface area contributed by atoms with Gasteiger partial charge in [0, 0.05) is 38.3 Å². The fourth-order valence-electron chi connectivity index (χ4n) is 3.48. The van der Waals surface area contributed by atoms with E-state index in [4.69, 9.17) is 19.9 Å². The molecule has 0 saturated carbocycles. The lowest BCUT2D eigenvalue weighted by atomic mass is 10.0. The number of hydrogen-bond donors (Lipinski definition) is 1. The normalized spacial score (nSPS) is 20.7. The molecule has 6 nitrogen and oxygen atoms in total. The molecule has 2 N–H and O–H groups in total. The fourth-order valence-corrected chi connectivity index (χ4v) is 3.48. The molecule has 1 saturated heterocycles. The number of nitrogens with zero attached hydrogens (tertiary/aromatic N) is 2. The van der Waals surface area contributed by atoms with Crippen LogP contribution in [0.4, 0.5) is 0 Å². The van der Waals surface area contributed by atoms with E-state index in [2.05, 4.69) is 23.8 Å². The van der Waals surface area contributed by atoms with E-state index < -0.39 is 0 Å². The lowest BCUT2D eigenvalue weighted by Gasteiger charge is -2.42. The van der Waals surface area contributed by atoms with Gasteiger partial charge in [-0.25, -0.2) is 0 Å². The lowest BCUT2D eigenvalue weighted by Crippen LogP contribution is -2.53. The summed E-state index contributed by atoms with van der Waals surface area (Å²) >= 11 is 0. The van der Waals surface area contributed by atoms with Crippen molar-refractivity contribution in [1.29, 1.82) is 0 Å². The molecule has 1 heterocycles. The first-order valence-corrected chi connectivity index (χ1v) is 8.53. The first-order chi connectivity index (χ1) is 11.6. The molecule has 1 fully saturated rings. The van der Waals surface area contributed by atoms with Crippen LogP contribution in [0.15, 0.2) is 12.1 Å². The number of methoxy groups -OCH3 is 3. The molecular weight excluding hydrogens is 306 g/mol. The molecule has 2 atom stereocenters. The Morgan fingerprint density at radius 3 is 2.21 bits per heavy atom. The van der Waals surface area contributed by atoms with Crippen LogP contribution in [0.25, 0.3) is 0 Å². The molecule has 0 radical (unpaired) electrons. The van der Waals surface area contributed by atoms with Gasteiger partial charge in [-0.2, -0.15) is 0 Å². The molecule has 0 amide bonds. The van der Waals surface area contributed by atoms with Crippen molar-refractivity contribution < 1.29 is 14.2 Å². The Morgan fingerprint density at radius 1 is 1.12 bits per heavy atom. The Morgan fingerprint density at radius 2 is 1.75 bits per heavy atom. The van der Waals surface area contributed by atoms with Crippen molar-refractivity contribution in [1.82, 2.24) is 9.80 Å². The molecule has 0 bridgehead atoms. The van der Waals surface area contributed by atoms with Crippen molar-refractivity contribution in [3.05, 3.63) is 17.7 Å². The third-order valence-corrected chi connectivity index (χ3v) is 5.02. The lowest BCUT2D eigenvalue weighted by molar-refractivity contribution is 0.0642. The Balaban J connectivity index is 2.33. The zero-order valence-corrected chi connectivity index (χ0v) is 15.5. The molecule has 1 aliphatic heterocycles. The van der Waals surface area contributed by atoms with Gasteiger partial charge in [0.25, 0.3) is 0 Å². The highest BCUT2D eigenvalue weighted by atomic mass is 16.5. The Hall–Kier alpha value is -1.50. The van der Waals surface area contributed by atoms with Gasteiger partial charge < -0.3 is 24.8 Å². The van der Waals surface area contributed by atoms with E-state index in [0.717, 1.165) is 31.6 Å². The van der Waals surface area contributed by atoms with Crippen molar-refractivity contribution in [3.8, 4) is 17.2 Å². The van der Waals surface area contributed by atoms with E-state index >= 15 is 0 Å². The summed E-state index contributed by atoms with van der Waals surface area (Å²) in [6.07, 6.45) is 1.14. The van der Waals surface area contributed by atoms with Crippen LogP contribution in [0, 0.1) is 0 Å². The summed E-state index contributed by atoms with van der Waals surface area (Å²) in [4.78, 5) is 4.90. The predicted molar refractivity (Wildman–Crippen MR) is 96.2 cm³/mol. The van der Waals surface area contributed by atoms with Gasteiger partial charge in [-0.3, -0.25) is 4.90 Å². The molecule has 6 heteroatoms. The summed E-state index contributed by atoms with van der Waals surface area (Å²) in [5.74, 6) is 1.96. The average Bonchev–Trinajstić information content (AvgIpc) is 2.62. The van der Waals surface area contributed by atoms with Gasteiger partial charge in [-0.15, -0.1) is 0 Å². The van der Waals surface area contributed by atoms with Crippen LogP contribution in [-0.4, -0.2) is 70.4 Å². The van der Waals surface area contributed by atoms with Crippen LogP contribution in [0.2, 0.25) is 0 Å². The zero-order chi connectivity index (χ0) is 17.7. The van der Waals surface area contributed by atoms with Gasteiger partial charge in [0.2, 0.25) is 5.75 Å². The number of ether oxygens (including phenoxy) is 3. The van der Waals surface area contributed by atoms with Gasteiger partial charge >= 0.3 is 0 Å². The van der Waals surface area contributed by atoms with Crippen molar-refractivity contribution in [2.45, 2.75) is 25.4 Å². The molecule has 2 unspecified atom stereocenters. The standard InChI is InChI=1S/C18H31N3O3/c1-6-14-12-21(8-7-20(14)2)15(11-19)13-9-16(22-3)18(24-5)17(10-13)23-4/h9-10,14-15H,6-8,11-12,19H2,1-5H3. The SMILES string of the molecule is CCC1CN(C(CN)c2cc(OC)c(OC)c(OC)c2)CCN1C. The number of likely N-dealkylation sites (N-methyl/N-ethyl adjacent to an activating group) is 1. The van der Waals surface area contributed by atoms with Crippen molar-refractivity contribution in [3.63, 3.8) is 0 Å². The number of hydrogen-bond acceptors (Lipinski definition) is 6. The van der Waals surface area contributed by atoms with E-state index in [1.165, 1.54) is 0 Å². The highest BCUT2D eigenvalue weighted by Gasteiger charge is 2.29. The van der Waals surface area contributed by atoms with Crippen LogP contribution >= 0.6 is 0 Å². The second-order valence-electron chi connectivity index (χ2n) is 6.25. The molecular formula is C18H31N3O3. The summed E-state index contributed by atoms with van der Waals surface area (Å²) in [6, 6.07) is 4.73. The maximum atomic E-state index is 6.14. The minimum absolute atomic E-state index is 0.140. The number of nitrogens with two attached hydrogens (primary N) is 1. The van der Waals surface area contributed by atoms with Crippen LogP contribution in [0.3, 0.4) is 0 Å². The van der Waals surface area contributed by atoms with E-state index in [0.29, 0.717) is 29.8 Å². The van der Waals surface area contributed by atoms with Crippen molar-refractivity contribution in [2.75, 3.05) is 54.6 Å². The monoisotopic (exact) mass is 337 g/mol. The topological polar surface area (TPSA) is 60.2 Å². The largest absolute Gasteiger partial charge is 0.493 e. The number of piperazine rings is 1. The summed E-state index contributed by atoms with van der Waals surface area (Å²) in [7, 11) is 7.10. The van der Waals surface area contributed by atoms with Gasteiger partial charge in [-0.05, 0) is 31.2 Å². The van der Waals surface area contributed by atoms with Crippen LogP contribution in [0.1, 0.15) is 24.9 Å². The molecule has 1 aliphatic rings. The summed E-state index contributed by atoms with van der Waals surface area (Å²) in [5.41, 5.74) is 7.25. The van der Waals surface area contributed by atoms with Crippen LogP contribution < -0.4 is 19.9 Å². The maximum absolute atomic E-state index is 6.14. The summed E-state index contributed by atoms with van der Waals surface area (Å²) < 4.78 is 16.4. The minimum atomic E-state index is 0.140. The Kier molecular flexibility index (Phi) is 6.71. The minimum Gasteiger partial charge on any atom is -0.493 e. The van der Waals surface area contributed by atoms with Crippen LogP contribution in [-0.2, 0) is 0 Å². The van der Waals surface area contributed by atoms with Gasteiger partial charge in [-0.1, -0.05) is 6.92 Å². The zero-order valence-electron chi connectivity index (χ0n) is 15.5. The van der Waals surface area contributed by atoms with Gasteiger partial charge in [0.1, 0.15) is 0 Å². The maximum Gasteiger partial charge on any atom is 0.203 e. The average molecular weight is 337 g/mol. The molecule has 1 aromatic rings. The quantitative estimate of drug-likeness (QED) is 0.818. The fraction of sp³-hybridized carbons (Fsp3) is 0.667.